The van der Waals surface area contributed by atoms with Gasteiger partial charge in [-0.3, -0.25) is 14.6 Å². The molecule has 2 rings (SSSR count). The summed E-state index contributed by atoms with van der Waals surface area (Å²) in [6.07, 6.45) is 8.25. The highest BCUT2D eigenvalue weighted by molar-refractivity contribution is 6.00. The molecule has 1 aromatic heterocycles. The van der Waals surface area contributed by atoms with Gasteiger partial charge in [0.25, 0.3) is 0 Å². The first kappa shape index (κ1) is 10.1. The molecule has 0 saturated heterocycles. The second-order valence-electron chi connectivity index (χ2n) is 2.55. The third-order valence-electron chi connectivity index (χ3n) is 1.43. The predicted octanol–water partition coefficient (Wildman–Crippen LogP) is 0.919. The Kier molecular flexibility index (Phi) is 4.07. The van der Waals surface area contributed by atoms with Gasteiger partial charge in [0.15, 0.2) is 11.2 Å². The number of H-pyrrole nitrogens is 1. The zero-order valence-corrected chi connectivity index (χ0v) is 7.51. The van der Waals surface area contributed by atoms with E-state index in [4.69, 9.17) is 0 Å². The van der Waals surface area contributed by atoms with Gasteiger partial charge in [0.2, 0.25) is 0 Å². The first-order valence-corrected chi connectivity index (χ1v) is 4.13. The van der Waals surface area contributed by atoms with Crippen molar-refractivity contribution in [3.63, 3.8) is 0 Å². The Morgan fingerprint density at radius 3 is 2.21 bits per heavy atom. The number of aliphatic imine (C=N–C) groups is 1. The van der Waals surface area contributed by atoms with E-state index in [1.165, 1.54) is 24.4 Å². The van der Waals surface area contributed by atoms with Crippen LogP contribution in [-0.4, -0.2) is 17.0 Å². The van der Waals surface area contributed by atoms with Gasteiger partial charge in [-0.25, -0.2) is 0 Å². The molecule has 0 saturated carbocycles. The number of allylic oxidation sites excluding steroid dienone is 1. The highest BCUT2D eigenvalue weighted by Crippen LogP contribution is 1.88. The van der Waals surface area contributed by atoms with Crippen LogP contribution in [0.4, 0.5) is 0 Å². The molecule has 72 valence electrons. The van der Waals surface area contributed by atoms with Crippen molar-refractivity contribution in [2.75, 3.05) is 0 Å². The van der Waals surface area contributed by atoms with Crippen molar-refractivity contribution in [3.05, 3.63) is 47.0 Å². The highest BCUT2D eigenvalue weighted by Gasteiger charge is 1.93. The quantitative estimate of drug-likeness (QED) is 0.661. The minimum absolute atomic E-state index is 0.0405. The summed E-state index contributed by atoms with van der Waals surface area (Å²) in [6, 6.07) is 2.94. The molecule has 14 heavy (non-hydrogen) atoms. The van der Waals surface area contributed by atoms with E-state index in [0.717, 1.165) is 0 Å². The van der Waals surface area contributed by atoms with E-state index in [9.17, 15) is 9.59 Å². The molecule has 1 N–H and O–H groups in total. The van der Waals surface area contributed by atoms with Gasteiger partial charge in [-0.05, 0) is 6.08 Å². The van der Waals surface area contributed by atoms with Crippen LogP contribution < -0.4 is 5.43 Å². The van der Waals surface area contributed by atoms with Crippen LogP contribution in [0.3, 0.4) is 0 Å². The number of pyridine rings is 1. The Hall–Kier alpha value is -1.97. The minimum Gasteiger partial charge on any atom is -0.367 e. The van der Waals surface area contributed by atoms with E-state index in [0.29, 0.717) is 6.42 Å². The third-order valence-corrected chi connectivity index (χ3v) is 1.43. The first-order valence-electron chi connectivity index (χ1n) is 4.13. The van der Waals surface area contributed by atoms with Crippen LogP contribution in [0.15, 0.2) is 46.6 Å². The van der Waals surface area contributed by atoms with Crippen LogP contribution in [0.5, 0.6) is 0 Å². The average molecular weight is 190 g/mol. The summed E-state index contributed by atoms with van der Waals surface area (Å²) >= 11 is 0. The van der Waals surface area contributed by atoms with Crippen LogP contribution in [0.2, 0.25) is 0 Å². The number of ketones is 1. The zero-order chi connectivity index (χ0) is 10.2. The van der Waals surface area contributed by atoms with Crippen molar-refractivity contribution >= 4 is 12.0 Å². The molecule has 0 spiro atoms. The summed E-state index contributed by atoms with van der Waals surface area (Å²) in [5.41, 5.74) is 0.0405. The molecule has 0 unspecified atom stereocenters. The number of aromatic amines is 1. The van der Waals surface area contributed by atoms with Crippen molar-refractivity contribution in [2.24, 2.45) is 4.99 Å². The Morgan fingerprint density at radius 1 is 1.21 bits per heavy atom. The van der Waals surface area contributed by atoms with Gasteiger partial charge in [0, 0.05) is 43.4 Å². The second kappa shape index (κ2) is 5.64. The topological polar surface area (TPSA) is 62.3 Å². The Balaban J connectivity index is 0.000000140. The fourth-order valence-electron chi connectivity index (χ4n) is 0.769. The lowest BCUT2D eigenvalue weighted by Crippen LogP contribution is -1.95. The fraction of sp³-hybridized carbons (Fsp3) is 0.100. The van der Waals surface area contributed by atoms with Gasteiger partial charge >= 0.3 is 0 Å². The largest absolute Gasteiger partial charge is 0.367 e. The number of carbonyl (C=O) groups excluding carboxylic acids is 1. The molecule has 0 aliphatic carbocycles. The highest BCUT2D eigenvalue weighted by atomic mass is 16.1. The summed E-state index contributed by atoms with van der Waals surface area (Å²) in [4.78, 5) is 27.0. The molecule has 0 fully saturated rings. The monoisotopic (exact) mass is 190 g/mol. The van der Waals surface area contributed by atoms with Crippen LogP contribution in [0, 0.1) is 0 Å². The van der Waals surface area contributed by atoms with Gasteiger partial charge in [0.1, 0.15) is 0 Å². The van der Waals surface area contributed by atoms with Crippen LogP contribution in [-0.2, 0) is 4.79 Å². The van der Waals surface area contributed by atoms with Crippen LogP contribution in [0.25, 0.3) is 0 Å². The average Bonchev–Trinajstić information content (AvgIpc) is 2.21. The van der Waals surface area contributed by atoms with Gasteiger partial charge in [0.05, 0.1) is 0 Å². The molecule has 0 radical (unpaired) electrons. The normalized spacial score (nSPS) is 13.3. The van der Waals surface area contributed by atoms with Gasteiger partial charge in [-0.1, -0.05) is 0 Å². The lowest BCUT2D eigenvalue weighted by Gasteiger charge is -1.88. The van der Waals surface area contributed by atoms with E-state index in [2.05, 4.69) is 9.98 Å². The fourth-order valence-corrected chi connectivity index (χ4v) is 0.769. The van der Waals surface area contributed by atoms with E-state index in [1.54, 1.807) is 18.6 Å². The summed E-state index contributed by atoms with van der Waals surface area (Å²) in [7, 11) is 0. The molecular formula is C10H10N2O2. The molecule has 1 aromatic rings. The summed E-state index contributed by atoms with van der Waals surface area (Å²) in [5, 5.41) is 0. The van der Waals surface area contributed by atoms with E-state index in [1.807, 2.05) is 0 Å². The minimum atomic E-state index is 0.0405. The number of rotatable bonds is 0. The molecule has 0 amide bonds. The third kappa shape index (κ3) is 4.15. The Labute approximate surface area is 81.0 Å². The lowest BCUT2D eigenvalue weighted by atomic mass is 10.3. The predicted molar refractivity (Wildman–Crippen MR) is 54.3 cm³/mol. The van der Waals surface area contributed by atoms with Gasteiger partial charge in [-0.2, -0.15) is 0 Å². The SMILES string of the molecule is O=C1C=CN=CC1.O=c1cc[nH]cc1. The van der Waals surface area contributed by atoms with Crippen LogP contribution >= 0.6 is 0 Å². The molecule has 4 heteroatoms. The number of nitrogens with one attached hydrogen (secondary N) is 1. The van der Waals surface area contributed by atoms with Crippen molar-refractivity contribution < 1.29 is 4.79 Å². The maximum absolute atomic E-state index is 10.3. The smallest absolute Gasteiger partial charge is 0.181 e. The molecule has 0 atom stereocenters. The molecule has 1 aliphatic heterocycles. The number of hydrogen-bond donors (Lipinski definition) is 1. The molecule has 2 heterocycles. The molecular weight excluding hydrogens is 180 g/mol. The van der Waals surface area contributed by atoms with Gasteiger partial charge < -0.3 is 4.98 Å². The lowest BCUT2D eigenvalue weighted by molar-refractivity contribution is -0.113. The maximum atomic E-state index is 10.3. The van der Waals surface area contributed by atoms with Crippen molar-refractivity contribution in [1.29, 1.82) is 0 Å². The van der Waals surface area contributed by atoms with Crippen molar-refractivity contribution in [2.45, 2.75) is 6.42 Å². The van der Waals surface area contributed by atoms with Crippen molar-refractivity contribution in [3.8, 4) is 0 Å². The van der Waals surface area contributed by atoms with E-state index in [-0.39, 0.29) is 11.2 Å². The molecule has 4 nitrogen and oxygen atoms in total. The first-order chi connectivity index (χ1) is 6.79. The van der Waals surface area contributed by atoms with Crippen molar-refractivity contribution in [1.82, 2.24) is 4.98 Å². The standard InChI is InChI=1S/2C5H5NO/c2*7-5-1-3-6-4-2-5/h1,3-4H,2H2;1-4H,(H,6,7). The summed E-state index contributed by atoms with van der Waals surface area (Å²) in [6.45, 7) is 0. The summed E-state index contributed by atoms with van der Waals surface area (Å²) < 4.78 is 0. The zero-order valence-electron chi connectivity index (χ0n) is 7.51. The van der Waals surface area contributed by atoms with Gasteiger partial charge in [-0.15, -0.1) is 0 Å². The van der Waals surface area contributed by atoms with E-state index < -0.39 is 0 Å². The number of aromatic nitrogens is 1. The Morgan fingerprint density at radius 2 is 1.93 bits per heavy atom. The molecule has 0 bridgehead atoms. The van der Waals surface area contributed by atoms with E-state index >= 15 is 0 Å². The number of carbonyl (C=O) groups is 1. The Bertz CT molecular complexity index is 387. The maximum Gasteiger partial charge on any atom is 0.181 e. The number of hydrogen-bond acceptors (Lipinski definition) is 3. The molecule has 0 aromatic carbocycles. The van der Waals surface area contributed by atoms with Crippen LogP contribution in [0.1, 0.15) is 6.42 Å². The second-order valence-corrected chi connectivity index (χ2v) is 2.55. The summed E-state index contributed by atoms with van der Waals surface area (Å²) in [5.74, 6) is 0.134. The number of nitrogens with zero attached hydrogens (tertiary/aromatic N) is 1. The molecule has 1 aliphatic rings.